The second-order valence-corrected chi connectivity index (χ2v) is 11.9. The Labute approximate surface area is 302 Å². The van der Waals surface area contributed by atoms with Gasteiger partial charge in [-0.05, 0) is 115 Å². The average molecular weight is 669 g/mol. The quantitative estimate of drug-likeness (QED) is 0.136. The molecule has 0 aromatic heterocycles. The fraction of sp³-hybridized carbons (Fsp3) is 0.0851. The molecule has 0 saturated heterocycles. The van der Waals surface area contributed by atoms with Gasteiger partial charge in [0.25, 0.3) is 0 Å². The summed E-state index contributed by atoms with van der Waals surface area (Å²) in [6.07, 6.45) is 0. The molecule has 0 atom stereocenters. The van der Waals surface area contributed by atoms with Crippen molar-refractivity contribution >= 4 is 39.9 Å². The minimum absolute atomic E-state index is 0. The molecule has 7 aromatic carbocycles. The molecule has 0 N–H and O–H groups in total. The van der Waals surface area contributed by atoms with Crippen LogP contribution in [0, 0.1) is 6.92 Å². The lowest BCUT2D eigenvalue weighted by molar-refractivity contribution is 0.103. The van der Waals surface area contributed by atoms with E-state index in [2.05, 4.69) is 107 Å². The van der Waals surface area contributed by atoms with E-state index in [1.165, 1.54) is 0 Å². The highest BCUT2D eigenvalue weighted by Crippen LogP contribution is 2.38. The van der Waals surface area contributed by atoms with Crippen LogP contribution < -0.4 is 14.5 Å². The van der Waals surface area contributed by atoms with Crippen LogP contribution in [0.3, 0.4) is 0 Å². The Balaban J connectivity index is 0.00000252. The number of hydrogen-bond donors (Lipinski definition) is 0. The van der Waals surface area contributed by atoms with E-state index in [0.717, 1.165) is 56.6 Å². The maximum atomic E-state index is 13.2. The van der Waals surface area contributed by atoms with Crippen molar-refractivity contribution < 1.29 is 9.53 Å². The Morgan fingerprint density at radius 2 is 0.725 bits per heavy atom. The van der Waals surface area contributed by atoms with Gasteiger partial charge in [0, 0.05) is 45.3 Å². The molecule has 254 valence electrons. The molecule has 0 heterocycles. The zero-order chi connectivity index (χ0) is 33.6. The molecule has 0 fully saturated rings. The van der Waals surface area contributed by atoms with Gasteiger partial charge in [-0.1, -0.05) is 105 Å². The van der Waals surface area contributed by atoms with Crippen molar-refractivity contribution in [2.24, 2.45) is 0 Å². The highest BCUT2D eigenvalue weighted by molar-refractivity contribution is 6.09. The van der Waals surface area contributed by atoms with Crippen LogP contribution in [0.5, 0.6) is 5.75 Å². The minimum Gasteiger partial charge on any atom is -0.497 e. The third kappa shape index (κ3) is 7.92. The van der Waals surface area contributed by atoms with E-state index >= 15 is 0 Å². The molecule has 0 aliphatic carbocycles. The standard InChI is InChI=1S/C45H36N2O2.2CH4/c1-33-13-15-36(16-14-33)45(48)37-21-27-42(28-22-37)46(38-9-5-3-6-10-38)40-23-17-34(18-24-40)35-19-25-41(26-20-35)47(39-11-7-4-8-12-39)43-29-31-44(49-2)32-30-43;;/h3-32H,1-2H3;2*1H4. The molecule has 0 saturated carbocycles. The third-order valence-corrected chi connectivity index (χ3v) is 8.65. The number of hydrogen-bond acceptors (Lipinski definition) is 4. The van der Waals surface area contributed by atoms with Crippen molar-refractivity contribution in [3.8, 4) is 16.9 Å². The summed E-state index contributed by atoms with van der Waals surface area (Å²) in [6.45, 7) is 2.02. The number of ether oxygens (including phenoxy) is 1. The van der Waals surface area contributed by atoms with Gasteiger partial charge in [-0.2, -0.15) is 0 Å². The molecule has 0 amide bonds. The van der Waals surface area contributed by atoms with Gasteiger partial charge in [0.05, 0.1) is 7.11 Å². The SMILES string of the molecule is C.C.COc1ccc(N(c2ccccc2)c2ccc(-c3ccc(N(c4ccccc4)c4ccc(C(=O)c5ccc(C)cc5)cc4)cc3)cc2)cc1. The maximum absolute atomic E-state index is 13.2. The summed E-state index contributed by atoms with van der Waals surface area (Å²) in [6, 6.07) is 61.6. The molecule has 7 aromatic rings. The van der Waals surface area contributed by atoms with E-state index in [1.807, 2.05) is 91.9 Å². The van der Waals surface area contributed by atoms with E-state index in [1.54, 1.807) is 7.11 Å². The summed E-state index contributed by atoms with van der Waals surface area (Å²) in [5.41, 5.74) is 11.0. The smallest absolute Gasteiger partial charge is 0.193 e. The van der Waals surface area contributed by atoms with Crippen molar-refractivity contribution in [1.82, 2.24) is 0 Å². The zero-order valence-electron chi connectivity index (χ0n) is 27.5. The Morgan fingerprint density at radius 3 is 1.10 bits per heavy atom. The minimum atomic E-state index is 0. The summed E-state index contributed by atoms with van der Waals surface area (Å²) >= 11 is 0. The fourth-order valence-corrected chi connectivity index (χ4v) is 6.02. The molecule has 0 bridgehead atoms. The highest BCUT2D eigenvalue weighted by atomic mass is 16.5. The average Bonchev–Trinajstić information content (AvgIpc) is 3.17. The number of carbonyl (C=O) groups is 1. The number of aryl methyl sites for hydroxylation is 1. The Kier molecular flexibility index (Phi) is 11.5. The van der Waals surface area contributed by atoms with Crippen molar-refractivity contribution in [3.63, 3.8) is 0 Å². The van der Waals surface area contributed by atoms with Gasteiger partial charge >= 0.3 is 0 Å². The number of rotatable bonds is 10. The van der Waals surface area contributed by atoms with Crippen molar-refractivity contribution in [1.29, 1.82) is 0 Å². The van der Waals surface area contributed by atoms with Crippen LogP contribution in [0.25, 0.3) is 11.1 Å². The van der Waals surface area contributed by atoms with Crippen LogP contribution in [0.15, 0.2) is 182 Å². The second-order valence-electron chi connectivity index (χ2n) is 11.9. The monoisotopic (exact) mass is 668 g/mol. The van der Waals surface area contributed by atoms with E-state index in [-0.39, 0.29) is 20.6 Å². The molecule has 51 heavy (non-hydrogen) atoms. The molecule has 0 aliphatic heterocycles. The molecular formula is C47H44N2O2. The van der Waals surface area contributed by atoms with Gasteiger partial charge in [0.1, 0.15) is 5.75 Å². The summed E-state index contributed by atoms with van der Waals surface area (Å²) in [7, 11) is 1.68. The number of carbonyl (C=O) groups excluding carboxylic acids is 1. The second kappa shape index (κ2) is 16.3. The first kappa shape index (κ1) is 35.9. The van der Waals surface area contributed by atoms with E-state index in [9.17, 15) is 4.79 Å². The summed E-state index contributed by atoms with van der Waals surface area (Å²) in [5, 5.41) is 0. The van der Waals surface area contributed by atoms with Crippen LogP contribution in [0.1, 0.15) is 36.3 Å². The molecule has 4 nitrogen and oxygen atoms in total. The Hall–Kier alpha value is -6.39. The Bertz CT molecular complexity index is 2130. The first-order valence-electron chi connectivity index (χ1n) is 16.3. The Morgan fingerprint density at radius 1 is 0.412 bits per heavy atom. The van der Waals surface area contributed by atoms with Gasteiger partial charge in [-0.25, -0.2) is 0 Å². The summed E-state index contributed by atoms with van der Waals surface area (Å²) < 4.78 is 5.40. The van der Waals surface area contributed by atoms with Gasteiger partial charge in [0.15, 0.2) is 5.78 Å². The fourth-order valence-electron chi connectivity index (χ4n) is 6.02. The van der Waals surface area contributed by atoms with Crippen molar-refractivity contribution in [2.45, 2.75) is 21.8 Å². The predicted molar refractivity (Wildman–Crippen MR) is 216 cm³/mol. The maximum Gasteiger partial charge on any atom is 0.193 e. The van der Waals surface area contributed by atoms with Crippen LogP contribution >= 0.6 is 0 Å². The number of methoxy groups -OCH3 is 1. The van der Waals surface area contributed by atoms with E-state index in [4.69, 9.17) is 4.74 Å². The lowest BCUT2D eigenvalue weighted by Gasteiger charge is -2.26. The van der Waals surface area contributed by atoms with Gasteiger partial charge in [-0.3, -0.25) is 4.79 Å². The first-order chi connectivity index (χ1) is 24.1. The van der Waals surface area contributed by atoms with Crippen molar-refractivity contribution in [3.05, 3.63) is 199 Å². The number of para-hydroxylation sites is 2. The molecule has 0 aliphatic rings. The highest BCUT2D eigenvalue weighted by Gasteiger charge is 2.16. The molecule has 0 unspecified atom stereocenters. The number of nitrogens with zero attached hydrogens (tertiary/aromatic N) is 2. The van der Waals surface area contributed by atoms with Gasteiger partial charge in [-0.15, -0.1) is 0 Å². The normalized spacial score (nSPS) is 10.3. The lowest BCUT2D eigenvalue weighted by atomic mass is 10.0. The third-order valence-electron chi connectivity index (χ3n) is 8.65. The zero-order valence-corrected chi connectivity index (χ0v) is 27.5. The van der Waals surface area contributed by atoms with Gasteiger partial charge in [0.2, 0.25) is 0 Å². The van der Waals surface area contributed by atoms with E-state index in [0.29, 0.717) is 11.1 Å². The number of benzene rings is 7. The predicted octanol–water partition coefficient (Wildman–Crippen LogP) is 13.1. The number of anilines is 6. The topological polar surface area (TPSA) is 32.8 Å². The van der Waals surface area contributed by atoms with Gasteiger partial charge < -0.3 is 14.5 Å². The van der Waals surface area contributed by atoms with Crippen LogP contribution in [-0.2, 0) is 0 Å². The van der Waals surface area contributed by atoms with E-state index < -0.39 is 0 Å². The summed E-state index contributed by atoms with van der Waals surface area (Å²) in [5.74, 6) is 0.843. The van der Waals surface area contributed by atoms with Crippen LogP contribution in [-0.4, -0.2) is 12.9 Å². The molecule has 0 spiro atoms. The first-order valence-corrected chi connectivity index (χ1v) is 16.3. The van der Waals surface area contributed by atoms with Crippen LogP contribution in [0.2, 0.25) is 0 Å². The molecule has 4 heteroatoms. The molecular weight excluding hydrogens is 625 g/mol. The van der Waals surface area contributed by atoms with Crippen LogP contribution in [0.4, 0.5) is 34.1 Å². The summed E-state index contributed by atoms with van der Waals surface area (Å²) in [4.78, 5) is 17.6. The number of ketones is 1. The molecule has 7 rings (SSSR count). The largest absolute Gasteiger partial charge is 0.497 e. The van der Waals surface area contributed by atoms with Crippen molar-refractivity contribution in [2.75, 3.05) is 16.9 Å². The molecule has 0 radical (unpaired) electrons. The lowest BCUT2D eigenvalue weighted by Crippen LogP contribution is -2.10.